The number of fused-ring (bicyclic) bond motifs is 1. The van der Waals surface area contributed by atoms with Crippen LogP contribution < -0.4 is 10.6 Å². The van der Waals surface area contributed by atoms with Gasteiger partial charge >= 0.3 is 0 Å². The van der Waals surface area contributed by atoms with E-state index in [-0.39, 0.29) is 6.04 Å². The van der Waals surface area contributed by atoms with E-state index < -0.39 is 0 Å². The Morgan fingerprint density at radius 2 is 2.16 bits per heavy atom. The zero-order valence-corrected chi connectivity index (χ0v) is 11.6. The second-order valence-electron chi connectivity index (χ2n) is 4.96. The smallest absolute Gasteiger partial charge is 0.0649 e. The van der Waals surface area contributed by atoms with E-state index in [0.29, 0.717) is 0 Å². The van der Waals surface area contributed by atoms with Gasteiger partial charge in [-0.25, -0.2) is 0 Å². The predicted octanol–water partition coefficient (Wildman–Crippen LogP) is 3.85. The molecule has 0 saturated heterocycles. The SMILES string of the molecule is C[C@@H](N)c1ccc2c(c1)CCN2c1cc[c]cc1Cl. The van der Waals surface area contributed by atoms with Crippen molar-refractivity contribution in [3.05, 3.63) is 58.6 Å². The number of rotatable bonds is 2. The molecule has 2 aromatic carbocycles. The van der Waals surface area contributed by atoms with Crippen molar-refractivity contribution in [2.75, 3.05) is 11.4 Å². The number of nitrogens with zero attached hydrogens (tertiary/aromatic N) is 1. The minimum absolute atomic E-state index is 0.0780. The summed E-state index contributed by atoms with van der Waals surface area (Å²) in [7, 11) is 0. The van der Waals surface area contributed by atoms with E-state index in [2.05, 4.69) is 29.2 Å². The number of halogens is 1. The first-order chi connectivity index (χ1) is 9.16. The molecular weight excluding hydrogens is 256 g/mol. The van der Waals surface area contributed by atoms with E-state index in [1.54, 1.807) is 0 Å². The standard InChI is InChI=1S/C16H16ClN2/c1-11(18)12-6-7-15-13(10-12)8-9-19(15)16-5-3-2-4-14(16)17/h3-7,10-11H,8-9,18H2,1H3/t11-/m1/s1. The molecule has 2 nitrogen and oxygen atoms in total. The molecule has 0 amide bonds. The highest BCUT2D eigenvalue weighted by Crippen LogP contribution is 2.38. The molecule has 0 saturated carbocycles. The van der Waals surface area contributed by atoms with E-state index in [1.807, 2.05) is 25.1 Å². The zero-order valence-electron chi connectivity index (χ0n) is 10.9. The van der Waals surface area contributed by atoms with Gasteiger partial charge in [0.2, 0.25) is 0 Å². The number of nitrogens with two attached hydrogens (primary N) is 1. The molecule has 0 aromatic heterocycles. The maximum absolute atomic E-state index is 6.26. The summed E-state index contributed by atoms with van der Waals surface area (Å²) in [6.07, 6.45) is 1.03. The molecular formula is C16H16ClN2. The molecule has 1 aliphatic rings. The predicted molar refractivity (Wildman–Crippen MR) is 80.0 cm³/mol. The lowest BCUT2D eigenvalue weighted by Crippen LogP contribution is -2.13. The van der Waals surface area contributed by atoms with Crippen LogP contribution in [0.1, 0.15) is 24.1 Å². The third kappa shape index (κ3) is 2.22. The van der Waals surface area contributed by atoms with Gasteiger partial charge in [0.15, 0.2) is 0 Å². The van der Waals surface area contributed by atoms with E-state index in [9.17, 15) is 0 Å². The molecule has 0 spiro atoms. The molecule has 97 valence electrons. The van der Waals surface area contributed by atoms with Gasteiger partial charge in [0.05, 0.1) is 10.7 Å². The highest BCUT2D eigenvalue weighted by atomic mass is 35.5. The molecule has 19 heavy (non-hydrogen) atoms. The van der Waals surface area contributed by atoms with Crippen LogP contribution in [0, 0.1) is 6.07 Å². The van der Waals surface area contributed by atoms with Gasteiger partial charge < -0.3 is 10.6 Å². The summed E-state index contributed by atoms with van der Waals surface area (Å²) in [6.45, 7) is 2.97. The summed E-state index contributed by atoms with van der Waals surface area (Å²) >= 11 is 6.26. The molecule has 0 aliphatic carbocycles. The monoisotopic (exact) mass is 271 g/mol. The lowest BCUT2D eigenvalue weighted by atomic mass is 10.0. The second kappa shape index (κ2) is 4.87. The summed E-state index contributed by atoms with van der Waals surface area (Å²) in [5.74, 6) is 0. The fourth-order valence-corrected chi connectivity index (χ4v) is 2.80. The molecule has 0 unspecified atom stereocenters. The van der Waals surface area contributed by atoms with Gasteiger partial charge in [0.1, 0.15) is 0 Å². The van der Waals surface area contributed by atoms with E-state index >= 15 is 0 Å². The summed E-state index contributed by atoms with van der Waals surface area (Å²) in [4.78, 5) is 2.26. The van der Waals surface area contributed by atoms with E-state index in [4.69, 9.17) is 17.3 Å². The largest absolute Gasteiger partial charge is 0.340 e. The Morgan fingerprint density at radius 1 is 1.32 bits per heavy atom. The van der Waals surface area contributed by atoms with Gasteiger partial charge in [-0.15, -0.1) is 0 Å². The van der Waals surface area contributed by atoms with Crippen LogP contribution in [0.15, 0.2) is 36.4 Å². The summed E-state index contributed by atoms with van der Waals surface area (Å²) in [6, 6.07) is 15.3. The molecule has 3 heteroatoms. The average Bonchev–Trinajstić information content (AvgIpc) is 2.82. The summed E-state index contributed by atoms with van der Waals surface area (Å²) < 4.78 is 0. The Labute approximate surface area is 118 Å². The molecule has 3 rings (SSSR count). The molecule has 1 aliphatic heterocycles. The van der Waals surface area contributed by atoms with Crippen molar-refractivity contribution in [1.29, 1.82) is 0 Å². The highest BCUT2D eigenvalue weighted by molar-refractivity contribution is 6.33. The van der Waals surface area contributed by atoms with Crippen molar-refractivity contribution in [2.45, 2.75) is 19.4 Å². The maximum atomic E-state index is 6.26. The normalized spacial score (nSPS) is 15.4. The number of benzene rings is 2. The van der Waals surface area contributed by atoms with Gasteiger partial charge in [-0.1, -0.05) is 29.8 Å². The van der Waals surface area contributed by atoms with Crippen LogP contribution in [0.2, 0.25) is 5.02 Å². The van der Waals surface area contributed by atoms with E-state index in [1.165, 1.54) is 16.8 Å². The molecule has 2 N–H and O–H groups in total. The molecule has 1 atom stereocenters. The van der Waals surface area contributed by atoms with Gasteiger partial charge in [-0.2, -0.15) is 0 Å². The Morgan fingerprint density at radius 3 is 2.89 bits per heavy atom. The number of hydrogen-bond acceptors (Lipinski definition) is 2. The first kappa shape index (κ1) is 12.5. The van der Waals surface area contributed by atoms with Crippen LogP contribution in [0.5, 0.6) is 0 Å². The third-order valence-electron chi connectivity index (χ3n) is 3.61. The lowest BCUT2D eigenvalue weighted by molar-refractivity contribution is 0.816. The number of hydrogen-bond donors (Lipinski definition) is 1. The van der Waals surface area contributed by atoms with Gasteiger partial charge in [0, 0.05) is 18.3 Å². The fraction of sp³-hybridized carbons (Fsp3) is 0.250. The minimum Gasteiger partial charge on any atom is -0.340 e. The maximum Gasteiger partial charge on any atom is 0.0649 e. The quantitative estimate of drug-likeness (QED) is 0.899. The Bertz CT molecular complexity index is 607. The first-order valence-electron chi connectivity index (χ1n) is 6.48. The van der Waals surface area contributed by atoms with Crippen molar-refractivity contribution in [3.8, 4) is 0 Å². The van der Waals surface area contributed by atoms with Crippen molar-refractivity contribution < 1.29 is 0 Å². The van der Waals surface area contributed by atoms with Crippen molar-refractivity contribution in [1.82, 2.24) is 0 Å². The average molecular weight is 272 g/mol. The van der Waals surface area contributed by atoms with Crippen molar-refractivity contribution >= 4 is 23.0 Å². The minimum atomic E-state index is 0.0780. The van der Waals surface area contributed by atoms with Crippen LogP contribution in [0.25, 0.3) is 0 Å². The van der Waals surface area contributed by atoms with Gasteiger partial charge in [-0.3, -0.25) is 0 Å². The Hall–Kier alpha value is -1.51. The second-order valence-corrected chi connectivity index (χ2v) is 5.36. The summed E-state index contributed by atoms with van der Waals surface area (Å²) in [5.41, 5.74) is 10.8. The Kier molecular flexibility index (Phi) is 3.21. The van der Waals surface area contributed by atoms with Crippen LogP contribution in [-0.2, 0) is 6.42 Å². The fourth-order valence-electron chi connectivity index (χ4n) is 2.58. The summed E-state index contributed by atoms with van der Waals surface area (Å²) in [5, 5.41) is 0.742. The van der Waals surface area contributed by atoms with Crippen LogP contribution in [0.4, 0.5) is 11.4 Å². The molecule has 1 radical (unpaired) electrons. The third-order valence-corrected chi connectivity index (χ3v) is 3.91. The Balaban J connectivity index is 2.01. The molecule has 2 aromatic rings. The topological polar surface area (TPSA) is 29.3 Å². The lowest BCUT2D eigenvalue weighted by Gasteiger charge is -2.21. The van der Waals surface area contributed by atoms with Crippen molar-refractivity contribution in [2.24, 2.45) is 5.73 Å². The first-order valence-corrected chi connectivity index (χ1v) is 6.86. The van der Waals surface area contributed by atoms with Crippen LogP contribution in [-0.4, -0.2) is 6.54 Å². The molecule has 1 heterocycles. The number of anilines is 2. The zero-order chi connectivity index (χ0) is 13.4. The van der Waals surface area contributed by atoms with Crippen molar-refractivity contribution in [3.63, 3.8) is 0 Å². The van der Waals surface area contributed by atoms with Crippen LogP contribution >= 0.6 is 11.6 Å². The molecule has 0 fully saturated rings. The highest BCUT2D eigenvalue weighted by Gasteiger charge is 2.22. The van der Waals surface area contributed by atoms with E-state index in [0.717, 1.165) is 23.7 Å². The van der Waals surface area contributed by atoms with Gasteiger partial charge in [0.25, 0.3) is 0 Å². The van der Waals surface area contributed by atoms with Gasteiger partial charge in [-0.05, 0) is 48.7 Å². The van der Waals surface area contributed by atoms with Crippen LogP contribution in [0.3, 0.4) is 0 Å². The molecule has 0 bridgehead atoms.